The molecule has 32 heavy (non-hydrogen) atoms. The fourth-order valence-electron chi connectivity index (χ4n) is 4.85. The lowest BCUT2D eigenvalue weighted by Gasteiger charge is -2.47. The number of amides is 3. The fourth-order valence-corrected chi connectivity index (χ4v) is 4.85. The van der Waals surface area contributed by atoms with Crippen molar-refractivity contribution in [2.45, 2.75) is 52.1 Å². The summed E-state index contributed by atoms with van der Waals surface area (Å²) in [5, 5.41) is 12.4. The van der Waals surface area contributed by atoms with Crippen molar-refractivity contribution in [2.75, 3.05) is 38.2 Å². The number of benzene rings is 1. The van der Waals surface area contributed by atoms with E-state index in [1.807, 2.05) is 32.0 Å². The van der Waals surface area contributed by atoms with Crippen LogP contribution < -0.4 is 10.2 Å². The average molecular weight is 446 g/mol. The van der Waals surface area contributed by atoms with E-state index in [0.29, 0.717) is 31.7 Å². The summed E-state index contributed by atoms with van der Waals surface area (Å²) in [6, 6.07) is 6.91. The molecule has 2 aliphatic rings. The molecule has 0 saturated carbocycles. The second kappa shape index (κ2) is 8.48. The van der Waals surface area contributed by atoms with Gasteiger partial charge in [-0.25, -0.2) is 9.69 Å². The first-order valence-corrected chi connectivity index (χ1v) is 11.1. The van der Waals surface area contributed by atoms with E-state index in [9.17, 15) is 19.5 Å². The second-order valence-electron chi connectivity index (χ2n) is 10.3. The third kappa shape index (κ3) is 4.13. The summed E-state index contributed by atoms with van der Waals surface area (Å²) in [6.07, 6.45) is 0.649. The van der Waals surface area contributed by atoms with Crippen molar-refractivity contribution in [1.29, 1.82) is 0 Å². The van der Waals surface area contributed by atoms with Crippen LogP contribution in [0.5, 0.6) is 0 Å². The number of hydrogen-bond acceptors (Lipinski definition) is 5. The van der Waals surface area contributed by atoms with Gasteiger partial charge in [-0.3, -0.25) is 9.59 Å². The number of carbonyl (C=O) groups is 3. The highest BCUT2D eigenvalue weighted by Gasteiger charge is 2.48. The number of methoxy groups -OCH3 is 1. The number of ether oxygens (including phenoxy) is 1. The van der Waals surface area contributed by atoms with Gasteiger partial charge in [0.15, 0.2) is 0 Å². The van der Waals surface area contributed by atoms with Gasteiger partial charge in [-0.15, -0.1) is 0 Å². The van der Waals surface area contributed by atoms with E-state index >= 15 is 0 Å². The molecule has 0 bridgehead atoms. The maximum atomic E-state index is 13.1. The van der Waals surface area contributed by atoms with Crippen molar-refractivity contribution < 1.29 is 24.2 Å². The molecule has 3 amide bonds. The number of hydrogen-bond donors (Lipinski definition) is 2. The van der Waals surface area contributed by atoms with Crippen molar-refractivity contribution in [3.8, 4) is 0 Å². The van der Waals surface area contributed by atoms with E-state index in [1.165, 1.54) is 4.90 Å². The highest BCUT2D eigenvalue weighted by atomic mass is 16.5. The Bertz CT molecular complexity index is 913. The molecule has 2 unspecified atom stereocenters. The van der Waals surface area contributed by atoms with Crippen LogP contribution in [0.15, 0.2) is 24.3 Å². The molecule has 2 N–H and O–H groups in total. The molecule has 176 valence electrons. The molecule has 0 aromatic heterocycles. The number of piperidine rings is 1. The minimum absolute atomic E-state index is 0.0594. The number of nitrogens with one attached hydrogen (secondary N) is 1. The van der Waals surface area contributed by atoms with Crippen molar-refractivity contribution in [1.82, 2.24) is 10.2 Å². The summed E-state index contributed by atoms with van der Waals surface area (Å²) >= 11 is 0. The normalized spacial score (nSPS) is 25.5. The van der Waals surface area contributed by atoms with E-state index < -0.39 is 28.4 Å². The lowest BCUT2D eigenvalue weighted by Crippen LogP contribution is -2.59. The maximum Gasteiger partial charge on any atom is 0.328 e. The number of carboxylic acid groups (broad SMARTS) is 1. The number of carbonyl (C=O) groups excluding carboxylic acids is 2. The molecular formula is C24H35N3O5. The van der Waals surface area contributed by atoms with Crippen molar-refractivity contribution >= 4 is 23.6 Å². The second-order valence-corrected chi connectivity index (χ2v) is 10.3. The summed E-state index contributed by atoms with van der Waals surface area (Å²) < 4.78 is 5.91. The van der Waals surface area contributed by atoms with Gasteiger partial charge in [-0.05, 0) is 51.7 Å². The van der Waals surface area contributed by atoms with Gasteiger partial charge < -0.3 is 20.1 Å². The van der Waals surface area contributed by atoms with Crippen LogP contribution in [0.4, 0.5) is 10.5 Å². The van der Waals surface area contributed by atoms with Crippen LogP contribution in [0.2, 0.25) is 0 Å². The number of fused-ring (bicyclic) bond motifs is 1. The number of carboxylic acids is 1. The van der Waals surface area contributed by atoms with Crippen molar-refractivity contribution in [3.05, 3.63) is 29.8 Å². The summed E-state index contributed by atoms with van der Waals surface area (Å²) in [4.78, 5) is 41.0. The molecule has 8 heteroatoms. The van der Waals surface area contributed by atoms with E-state index in [0.717, 1.165) is 5.56 Å². The maximum absolute atomic E-state index is 13.1. The Hall–Kier alpha value is -2.45. The highest BCUT2D eigenvalue weighted by Crippen LogP contribution is 2.41. The molecule has 3 rings (SSSR count). The lowest BCUT2D eigenvalue weighted by atomic mass is 9.80. The predicted molar refractivity (Wildman–Crippen MR) is 122 cm³/mol. The topological polar surface area (TPSA) is 99.2 Å². The number of imide groups is 1. The number of likely N-dealkylation sites (tertiary alicyclic amines) is 1. The highest BCUT2D eigenvalue weighted by molar-refractivity contribution is 6.22. The van der Waals surface area contributed by atoms with Gasteiger partial charge in [0.2, 0.25) is 5.91 Å². The molecule has 2 atom stereocenters. The van der Waals surface area contributed by atoms with Crippen molar-refractivity contribution in [2.24, 2.45) is 11.3 Å². The largest absolute Gasteiger partial charge is 0.481 e. The number of anilines is 1. The molecule has 0 radical (unpaired) electrons. The predicted octanol–water partition coefficient (Wildman–Crippen LogP) is 2.86. The Kier molecular flexibility index (Phi) is 6.41. The van der Waals surface area contributed by atoms with E-state index in [-0.39, 0.29) is 18.4 Å². The summed E-state index contributed by atoms with van der Waals surface area (Å²) in [5.74, 6) is -1.01. The van der Waals surface area contributed by atoms with Crippen LogP contribution >= 0.6 is 0 Å². The van der Waals surface area contributed by atoms with Crippen LogP contribution in [0.3, 0.4) is 0 Å². The van der Waals surface area contributed by atoms with E-state index in [1.54, 1.807) is 27.0 Å². The quantitative estimate of drug-likeness (QED) is 0.699. The zero-order chi connectivity index (χ0) is 23.9. The minimum atomic E-state index is -0.836. The molecule has 8 nitrogen and oxygen atoms in total. The Morgan fingerprint density at radius 3 is 2.53 bits per heavy atom. The van der Waals surface area contributed by atoms with Crippen LogP contribution in [0, 0.1) is 11.3 Å². The molecule has 1 aromatic carbocycles. The minimum Gasteiger partial charge on any atom is -0.481 e. The first-order chi connectivity index (χ1) is 14.9. The molecule has 1 aromatic rings. The fraction of sp³-hybridized carbons (Fsp3) is 0.625. The SMILES string of the molecule is COC1(CNC(=O)N2C(=O)C(C)(C)c3ccccc32)CCN(CC(C)(C)C(=O)O)CC1C. The third-order valence-corrected chi connectivity index (χ3v) is 7.18. The number of urea groups is 1. The zero-order valence-electron chi connectivity index (χ0n) is 19.9. The average Bonchev–Trinajstić information content (AvgIpc) is 2.93. The Labute approximate surface area is 189 Å². The molecular weight excluding hydrogens is 410 g/mol. The van der Waals surface area contributed by atoms with Gasteiger partial charge >= 0.3 is 12.0 Å². The number of para-hydroxylation sites is 1. The third-order valence-electron chi connectivity index (χ3n) is 7.18. The number of aliphatic carboxylic acids is 1. The standard InChI is InChI=1S/C24H35N3O5/c1-16-13-26(15-22(2,3)20(29)30)12-11-24(16,32-6)14-25-21(31)27-18-10-8-7-9-17(18)23(4,5)19(27)28/h7-10,16H,11-15H2,1-6H3,(H,25,31)(H,29,30). The number of nitrogens with zero attached hydrogens (tertiary/aromatic N) is 2. The van der Waals surface area contributed by atoms with Gasteiger partial charge in [0.25, 0.3) is 0 Å². The smallest absolute Gasteiger partial charge is 0.328 e. The first kappa shape index (κ1) is 24.2. The number of rotatable bonds is 6. The molecule has 1 fully saturated rings. The molecule has 1 saturated heterocycles. The van der Waals surface area contributed by atoms with Crippen LogP contribution in [-0.2, 0) is 19.7 Å². The zero-order valence-corrected chi connectivity index (χ0v) is 19.9. The molecule has 0 aliphatic carbocycles. The van der Waals surface area contributed by atoms with Gasteiger partial charge in [0, 0.05) is 33.3 Å². The summed E-state index contributed by atoms with van der Waals surface area (Å²) in [7, 11) is 1.64. The molecule has 0 spiro atoms. The van der Waals surface area contributed by atoms with Gasteiger partial charge in [-0.1, -0.05) is 25.1 Å². The summed E-state index contributed by atoms with van der Waals surface area (Å²) in [6.45, 7) is 11.2. The van der Waals surface area contributed by atoms with Crippen molar-refractivity contribution in [3.63, 3.8) is 0 Å². The first-order valence-electron chi connectivity index (χ1n) is 11.1. The molecule has 2 heterocycles. The van der Waals surface area contributed by atoms with Gasteiger partial charge in [0.1, 0.15) is 0 Å². The Morgan fingerprint density at radius 1 is 1.28 bits per heavy atom. The summed E-state index contributed by atoms with van der Waals surface area (Å²) in [5.41, 5.74) is -0.730. The Morgan fingerprint density at radius 2 is 1.94 bits per heavy atom. The van der Waals surface area contributed by atoms with Gasteiger partial charge in [-0.2, -0.15) is 0 Å². The monoisotopic (exact) mass is 445 g/mol. The van der Waals surface area contributed by atoms with Crippen LogP contribution in [-0.4, -0.2) is 66.8 Å². The lowest BCUT2D eigenvalue weighted by molar-refractivity contribution is -0.149. The van der Waals surface area contributed by atoms with Crippen LogP contribution in [0.25, 0.3) is 0 Å². The van der Waals surface area contributed by atoms with E-state index in [2.05, 4.69) is 17.1 Å². The Balaban J connectivity index is 1.69. The van der Waals surface area contributed by atoms with Gasteiger partial charge in [0.05, 0.1) is 22.1 Å². The van der Waals surface area contributed by atoms with E-state index in [4.69, 9.17) is 4.74 Å². The van der Waals surface area contributed by atoms with Crippen LogP contribution in [0.1, 0.15) is 46.6 Å². The molecule has 2 aliphatic heterocycles.